The van der Waals surface area contributed by atoms with Crippen molar-refractivity contribution in [3.63, 3.8) is 0 Å². The van der Waals surface area contributed by atoms with Crippen molar-refractivity contribution >= 4 is 29.2 Å². The normalized spacial score (nSPS) is 28.6. The molecule has 112 valence electrons. The van der Waals surface area contributed by atoms with Gasteiger partial charge in [-0.2, -0.15) is 0 Å². The number of halogens is 2. The molecule has 1 aromatic heterocycles. The summed E-state index contributed by atoms with van der Waals surface area (Å²) in [7, 11) is 0. The van der Waals surface area contributed by atoms with E-state index in [4.69, 9.17) is 28.3 Å². The van der Waals surface area contributed by atoms with E-state index in [1.165, 1.54) is 11.1 Å². The highest BCUT2D eigenvalue weighted by Gasteiger charge is 2.68. The molecule has 0 atom stereocenters. The summed E-state index contributed by atoms with van der Waals surface area (Å²) in [6, 6.07) is 11.1. The Morgan fingerprint density at radius 2 is 1.45 bits per heavy atom. The number of carbonyl (C=O) groups is 1. The van der Waals surface area contributed by atoms with Crippen LogP contribution in [-0.2, 0) is 10.8 Å². The third kappa shape index (κ3) is 1.89. The quantitative estimate of drug-likeness (QED) is 0.843. The van der Waals surface area contributed by atoms with Crippen LogP contribution in [0.2, 0.25) is 10.3 Å². The second kappa shape index (κ2) is 4.46. The van der Waals surface area contributed by atoms with Gasteiger partial charge in [-0.15, -0.1) is 0 Å². The van der Waals surface area contributed by atoms with Crippen molar-refractivity contribution in [2.75, 3.05) is 0 Å². The van der Waals surface area contributed by atoms with Gasteiger partial charge in [-0.25, -0.2) is 9.78 Å². The van der Waals surface area contributed by atoms with Crippen LogP contribution in [-0.4, -0.2) is 16.1 Å². The fourth-order valence-electron chi connectivity index (χ4n) is 4.14. The van der Waals surface area contributed by atoms with Crippen LogP contribution in [0.1, 0.15) is 40.7 Å². The van der Waals surface area contributed by atoms with Crippen LogP contribution in [0.3, 0.4) is 0 Å². The van der Waals surface area contributed by atoms with Gasteiger partial charge in [-0.3, -0.25) is 0 Å². The number of aromatic carboxylic acids is 1. The van der Waals surface area contributed by atoms with E-state index in [2.05, 4.69) is 4.98 Å². The molecule has 0 spiro atoms. The van der Waals surface area contributed by atoms with E-state index in [1.807, 2.05) is 24.3 Å². The molecule has 1 N–H and O–H groups in total. The Labute approximate surface area is 137 Å². The lowest BCUT2D eigenvalue weighted by Crippen LogP contribution is -2.67. The Hall–Kier alpha value is -1.58. The number of carboxylic acids is 1. The number of hydrogen-bond donors (Lipinski definition) is 1. The zero-order valence-corrected chi connectivity index (χ0v) is 13.2. The van der Waals surface area contributed by atoms with Gasteiger partial charge < -0.3 is 5.11 Å². The van der Waals surface area contributed by atoms with Gasteiger partial charge in [-0.05, 0) is 65.5 Å². The Kier molecular flexibility index (Phi) is 2.85. The maximum atomic E-state index is 10.9. The van der Waals surface area contributed by atoms with Gasteiger partial charge in [0.05, 0.1) is 5.56 Å². The van der Waals surface area contributed by atoms with Crippen molar-refractivity contribution in [2.24, 2.45) is 0 Å². The van der Waals surface area contributed by atoms with E-state index in [0.29, 0.717) is 15.9 Å². The van der Waals surface area contributed by atoms with E-state index in [9.17, 15) is 4.79 Å². The van der Waals surface area contributed by atoms with Crippen LogP contribution >= 0.6 is 23.2 Å². The van der Waals surface area contributed by atoms with Crippen molar-refractivity contribution in [3.8, 4) is 0 Å². The molecular weight excluding hydrogens is 321 g/mol. The number of pyridine rings is 1. The topological polar surface area (TPSA) is 50.2 Å². The molecule has 3 fully saturated rings. The van der Waals surface area contributed by atoms with Crippen LogP contribution in [0.15, 0.2) is 36.4 Å². The van der Waals surface area contributed by atoms with Crippen molar-refractivity contribution in [2.45, 2.75) is 30.1 Å². The SMILES string of the molecule is O=C(O)c1ccc(C23CC(c4cc(Cl)nc(Cl)c4)(C2)C3)cc1. The average Bonchev–Trinajstić information content (AvgIpc) is 2.35. The average molecular weight is 334 g/mol. The molecule has 0 amide bonds. The first kappa shape index (κ1) is 14.0. The number of carboxylic acid groups (broad SMARTS) is 1. The Balaban J connectivity index is 1.57. The molecule has 0 saturated heterocycles. The standard InChI is InChI=1S/C17H13Cl2NO2/c18-13-5-12(6-14(19)20-13)17-7-16(8-17,9-17)11-3-1-10(2-4-11)15(21)22/h1-6H,7-9H2,(H,21,22). The maximum Gasteiger partial charge on any atom is 0.335 e. The van der Waals surface area contributed by atoms with Crippen LogP contribution in [0.4, 0.5) is 0 Å². The molecule has 3 saturated carbocycles. The van der Waals surface area contributed by atoms with Crippen molar-refractivity contribution in [1.29, 1.82) is 0 Å². The molecule has 1 heterocycles. The van der Waals surface area contributed by atoms with E-state index in [0.717, 1.165) is 19.3 Å². The summed E-state index contributed by atoms with van der Waals surface area (Å²) in [5.41, 5.74) is 3.09. The lowest BCUT2D eigenvalue weighted by molar-refractivity contribution is -0.0693. The highest BCUT2D eigenvalue weighted by Crippen LogP contribution is 2.74. The number of benzene rings is 1. The molecule has 0 radical (unpaired) electrons. The first-order valence-corrected chi connectivity index (χ1v) is 7.86. The first-order valence-electron chi connectivity index (χ1n) is 7.10. The lowest BCUT2D eigenvalue weighted by Gasteiger charge is -2.71. The van der Waals surface area contributed by atoms with Crippen LogP contribution in [0.25, 0.3) is 0 Å². The first-order chi connectivity index (χ1) is 10.4. The monoisotopic (exact) mass is 333 g/mol. The summed E-state index contributed by atoms with van der Waals surface area (Å²) in [5.74, 6) is -0.887. The zero-order valence-electron chi connectivity index (χ0n) is 11.6. The molecule has 3 aliphatic rings. The molecular formula is C17H13Cl2NO2. The van der Waals surface area contributed by atoms with Crippen molar-refractivity contribution in [1.82, 2.24) is 4.98 Å². The summed E-state index contributed by atoms with van der Waals surface area (Å²) in [6.07, 6.45) is 3.18. The minimum atomic E-state index is -0.887. The predicted molar refractivity (Wildman–Crippen MR) is 84.9 cm³/mol. The summed E-state index contributed by atoms with van der Waals surface area (Å²) < 4.78 is 0. The van der Waals surface area contributed by atoms with Gasteiger partial charge in [0.1, 0.15) is 10.3 Å². The van der Waals surface area contributed by atoms with Gasteiger partial charge in [0, 0.05) is 0 Å². The Morgan fingerprint density at radius 3 is 1.95 bits per heavy atom. The minimum Gasteiger partial charge on any atom is -0.478 e. The van der Waals surface area contributed by atoms with Crippen LogP contribution in [0.5, 0.6) is 0 Å². The molecule has 5 rings (SSSR count). The van der Waals surface area contributed by atoms with Gasteiger partial charge in [0.15, 0.2) is 0 Å². The fourth-order valence-corrected chi connectivity index (χ4v) is 4.60. The zero-order chi connectivity index (χ0) is 15.5. The molecule has 2 bridgehead atoms. The number of aromatic nitrogens is 1. The van der Waals surface area contributed by atoms with Crippen LogP contribution in [0, 0.1) is 0 Å². The largest absolute Gasteiger partial charge is 0.478 e. The van der Waals surface area contributed by atoms with Crippen LogP contribution < -0.4 is 0 Å². The van der Waals surface area contributed by atoms with E-state index >= 15 is 0 Å². The summed E-state index contributed by atoms with van der Waals surface area (Å²) in [6.45, 7) is 0. The second-order valence-electron chi connectivity index (χ2n) is 6.47. The van der Waals surface area contributed by atoms with Gasteiger partial charge in [0.2, 0.25) is 0 Å². The fraction of sp³-hybridized carbons (Fsp3) is 0.294. The maximum absolute atomic E-state index is 10.9. The summed E-state index contributed by atoms with van der Waals surface area (Å²) >= 11 is 12.0. The van der Waals surface area contributed by atoms with Crippen molar-refractivity contribution in [3.05, 3.63) is 63.4 Å². The van der Waals surface area contributed by atoms with Gasteiger partial charge in [0.25, 0.3) is 0 Å². The molecule has 5 heteroatoms. The number of hydrogen-bond acceptors (Lipinski definition) is 2. The Morgan fingerprint density at radius 1 is 0.955 bits per heavy atom. The number of rotatable bonds is 3. The molecule has 3 nitrogen and oxygen atoms in total. The molecule has 0 aliphatic heterocycles. The third-order valence-electron chi connectivity index (χ3n) is 5.15. The lowest BCUT2D eigenvalue weighted by atomic mass is 9.32. The third-order valence-corrected chi connectivity index (χ3v) is 5.54. The van der Waals surface area contributed by atoms with E-state index in [1.54, 1.807) is 12.1 Å². The Bertz CT molecular complexity index is 746. The highest BCUT2D eigenvalue weighted by atomic mass is 35.5. The summed E-state index contributed by atoms with van der Waals surface area (Å²) in [5, 5.41) is 9.84. The minimum absolute atomic E-state index is 0.168. The van der Waals surface area contributed by atoms with E-state index < -0.39 is 5.97 Å². The summed E-state index contributed by atoms with van der Waals surface area (Å²) in [4.78, 5) is 14.9. The number of nitrogens with zero attached hydrogens (tertiary/aromatic N) is 1. The molecule has 1 aromatic carbocycles. The highest BCUT2D eigenvalue weighted by molar-refractivity contribution is 6.32. The molecule has 2 aromatic rings. The smallest absolute Gasteiger partial charge is 0.335 e. The molecule has 22 heavy (non-hydrogen) atoms. The van der Waals surface area contributed by atoms with E-state index in [-0.39, 0.29) is 10.8 Å². The predicted octanol–water partition coefficient (Wildman–Crippen LogP) is 4.46. The van der Waals surface area contributed by atoms with Gasteiger partial charge in [-0.1, -0.05) is 35.3 Å². The second-order valence-corrected chi connectivity index (χ2v) is 7.25. The molecule has 0 unspecified atom stereocenters. The van der Waals surface area contributed by atoms with Crippen molar-refractivity contribution < 1.29 is 9.90 Å². The molecule has 3 aliphatic carbocycles. The van der Waals surface area contributed by atoms with Gasteiger partial charge >= 0.3 is 5.97 Å².